The van der Waals surface area contributed by atoms with Gasteiger partial charge in [-0.2, -0.15) is 5.10 Å². The van der Waals surface area contributed by atoms with Crippen LogP contribution in [0.3, 0.4) is 0 Å². The fourth-order valence-electron chi connectivity index (χ4n) is 2.10. The number of hydrogen-bond donors (Lipinski definition) is 3. The smallest absolute Gasteiger partial charge is 0.335 e. The predicted molar refractivity (Wildman–Crippen MR) is 80.2 cm³/mol. The molecule has 1 aromatic heterocycles. The predicted octanol–water partition coefficient (Wildman–Crippen LogP) is 3.94. The van der Waals surface area contributed by atoms with Gasteiger partial charge in [-0.25, -0.2) is 4.79 Å². The molecule has 0 bridgehead atoms. The number of aromatic nitrogens is 2. The molecule has 0 aliphatic carbocycles. The number of phenolic OH excluding ortho intramolecular Hbond substituents is 1. The number of nitrogens with one attached hydrogen (secondary N) is 1. The van der Waals surface area contributed by atoms with E-state index in [-0.39, 0.29) is 16.3 Å². The van der Waals surface area contributed by atoms with Crippen molar-refractivity contribution in [2.24, 2.45) is 0 Å². The zero-order valence-electron chi connectivity index (χ0n) is 10.4. The fraction of sp³-hybridized carbons (Fsp3) is 0. The molecule has 0 amide bonds. The van der Waals surface area contributed by atoms with Crippen LogP contribution in [0.2, 0.25) is 10.0 Å². The van der Waals surface area contributed by atoms with Crippen molar-refractivity contribution >= 4 is 40.1 Å². The summed E-state index contributed by atoms with van der Waals surface area (Å²) in [4.78, 5) is 11.1. The van der Waals surface area contributed by atoms with E-state index in [9.17, 15) is 9.90 Å². The van der Waals surface area contributed by atoms with Gasteiger partial charge in [-0.3, -0.25) is 5.10 Å². The number of nitrogens with zero attached hydrogens (tertiary/aromatic N) is 1. The van der Waals surface area contributed by atoms with Gasteiger partial charge in [-0.1, -0.05) is 23.2 Å². The summed E-state index contributed by atoms with van der Waals surface area (Å²) in [6.45, 7) is 0. The summed E-state index contributed by atoms with van der Waals surface area (Å²) in [6, 6.07) is 7.49. The second kappa shape index (κ2) is 4.95. The van der Waals surface area contributed by atoms with E-state index in [0.29, 0.717) is 27.2 Å². The Morgan fingerprint density at radius 2 is 1.95 bits per heavy atom. The largest absolute Gasteiger partial charge is 0.506 e. The fourth-order valence-corrected chi connectivity index (χ4v) is 2.59. The van der Waals surface area contributed by atoms with E-state index in [1.54, 1.807) is 6.07 Å². The maximum atomic E-state index is 11.1. The Kier molecular flexibility index (Phi) is 3.23. The van der Waals surface area contributed by atoms with Crippen molar-refractivity contribution in [2.75, 3.05) is 0 Å². The van der Waals surface area contributed by atoms with Gasteiger partial charge in [0, 0.05) is 16.0 Å². The van der Waals surface area contributed by atoms with Crippen LogP contribution < -0.4 is 0 Å². The van der Waals surface area contributed by atoms with Gasteiger partial charge in [0.25, 0.3) is 0 Å². The molecule has 0 atom stereocenters. The third-order valence-electron chi connectivity index (χ3n) is 3.09. The molecule has 7 heteroatoms. The molecule has 1 heterocycles. The molecule has 0 spiro atoms. The molecular formula is C14H8Cl2N2O3. The molecule has 0 fully saturated rings. The monoisotopic (exact) mass is 322 g/mol. The number of benzene rings is 2. The third kappa shape index (κ3) is 2.30. The number of H-pyrrole nitrogens is 1. The summed E-state index contributed by atoms with van der Waals surface area (Å²) in [6.07, 6.45) is 0. The highest BCUT2D eigenvalue weighted by atomic mass is 35.5. The lowest BCUT2D eigenvalue weighted by Crippen LogP contribution is -1.95. The third-order valence-corrected chi connectivity index (χ3v) is 3.60. The lowest BCUT2D eigenvalue weighted by molar-refractivity contribution is 0.0697. The second-order valence-electron chi connectivity index (χ2n) is 4.42. The number of rotatable bonds is 2. The lowest BCUT2D eigenvalue weighted by atomic mass is 10.0. The number of carboxylic acids is 1. The van der Waals surface area contributed by atoms with Crippen LogP contribution in [0, 0.1) is 0 Å². The number of hydrogen-bond acceptors (Lipinski definition) is 3. The number of carbonyl (C=O) groups is 1. The van der Waals surface area contributed by atoms with Gasteiger partial charge in [0.2, 0.25) is 0 Å². The van der Waals surface area contributed by atoms with Crippen LogP contribution in [0.25, 0.3) is 22.2 Å². The molecule has 3 N–H and O–H groups in total. The Morgan fingerprint density at radius 1 is 1.19 bits per heavy atom. The highest BCUT2D eigenvalue weighted by molar-refractivity contribution is 6.36. The van der Waals surface area contributed by atoms with Gasteiger partial charge < -0.3 is 10.2 Å². The van der Waals surface area contributed by atoms with Crippen molar-refractivity contribution in [2.45, 2.75) is 0 Å². The summed E-state index contributed by atoms with van der Waals surface area (Å²) >= 11 is 11.8. The molecule has 21 heavy (non-hydrogen) atoms. The van der Waals surface area contributed by atoms with E-state index in [2.05, 4.69) is 10.2 Å². The van der Waals surface area contributed by atoms with Crippen molar-refractivity contribution in [3.8, 4) is 17.0 Å². The van der Waals surface area contributed by atoms with E-state index >= 15 is 0 Å². The first-order valence-corrected chi connectivity index (χ1v) is 6.63. The Balaban J connectivity index is 2.30. The van der Waals surface area contributed by atoms with Crippen LogP contribution in [0.1, 0.15) is 10.4 Å². The molecule has 106 valence electrons. The van der Waals surface area contributed by atoms with Crippen LogP contribution in [-0.2, 0) is 0 Å². The number of carboxylic acid groups (broad SMARTS) is 1. The van der Waals surface area contributed by atoms with E-state index in [0.717, 1.165) is 0 Å². The maximum Gasteiger partial charge on any atom is 0.335 e. The second-order valence-corrected chi connectivity index (χ2v) is 5.27. The molecule has 0 saturated heterocycles. The molecule has 2 aromatic carbocycles. The van der Waals surface area contributed by atoms with Crippen LogP contribution in [0.15, 0.2) is 30.3 Å². The van der Waals surface area contributed by atoms with Crippen molar-refractivity contribution in [1.82, 2.24) is 10.2 Å². The topological polar surface area (TPSA) is 86.2 Å². The first kappa shape index (κ1) is 13.7. The van der Waals surface area contributed by atoms with Crippen molar-refractivity contribution in [3.63, 3.8) is 0 Å². The van der Waals surface area contributed by atoms with Crippen molar-refractivity contribution < 1.29 is 15.0 Å². The molecule has 0 aliphatic rings. The minimum absolute atomic E-state index is 0.100. The van der Waals surface area contributed by atoms with Crippen molar-refractivity contribution in [1.29, 1.82) is 0 Å². The number of fused-ring (bicyclic) bond motifs is 1. The summed E-state index contributed by atoms with van der Waals surface area (Å²) in [7, 11) is 0. The van der Waals surface area contributed by atoms with Gasteiger partial charge >= 0.3 is 5.97 Å². The molecule has 0 saturated carbocycles. The average Bonchev–Trinajstić information content (AvgIpc) is 2.85. The Bertz CT molecular complexity index is 874. The van der Waals surface area contributed by atoms with Gasteiger partial charge in [-0.05, 0) is 30.3 Å². The number of aromatic carboxylic acids is 1. The number of phenols is 1. The average molecular weight is 323 g/mol. The summed E-state index contributed by atoms with van der Waals surface area (Å²) in [5, 5.41) is 27.0. The van der Waals surface area contributed by atoms with Gasteiger partial charge in [0.1, 0.15) is 11.4 Å². The van der Waals surface area contributed by atoms with Gasteiger partial charge in [0.15, 0.2) is 0 Å². The zero-order valence-corrected chi connectivity index (χ0v) is 11.9. The highest BCUT2D eigenvalue weighted by Crippen LogP contribution is 2.39. The van der Waals surface area contributed by atoms with E-state index in [1.807, 2.05) is 0 Å². The van der Waals surface area contributed by atoms with Crippen molar-refractivity contribution in [3.05, 3.63) is 45.9 Å². The first-order valence-electron chi connectivity index (χ1n) is 5.87. The van der Waals surface area contributed by atoms with Gasteiger partial charge in [-0.15, -0.1) is 0 Å². The van der Waals surface area contributed by atoms with E-state index in [1.165, 1.54) is 24.3 Å². The molecule has 0 aliphatic heterocycles. The number of halogens is 2. The quantitative estimate of drug-likeness (QED) is 0.667. The summed E-state index contributed by atoms with van der Waals surface area (Å²) in [5.74, 6) is -1.20. The molecule has 5 nitrogen and oxygen atoms in total. The number of aromatic amines is 1. The van der Waals surface area contributed by atoms with E-state index in [4.69, 9.17) is 28.3 Å². The zero-order chi connectivity index (χ0) is 15.1. The number of aromatic hydroxyl groups is 1. The van der Waals surface area contributed by atoms with Crippen LogP contribution in [0.5, 0.6) is 5.75 Å². The van der Waals surface area contributed by atoms with Crippen LogP contribution in [0.4, 0.5) is 0 Å². The maximum absolute atomic E-state index is 11.1. The Morgan fingerprint density at radius 3 is 2.67 bits per heavy atom. The Labute approximate surface area is 128 Å². The van der Waals surface area contributed by atoms with Crippen LogP contribution in [-0.4, -0.2) is 26.4 Å². The molecule has 3 aromatic rings. The van der Waals surface area contributed by atoms with Gasteiger partial charge in [0.05, 0.1) is 16.1 Å². The molecule has 0 radical (unpaired) electrons. The summed E-state index contributed by atoms with van der Waals surface area (Å²) in [5.41, 5.74) is 1.49. The van der Waals surface area contributed by atoms with E-state index < -0.39 is 5.97 Å². The minimum atomic E-state index is -1.04. The first-order chi connectivity index (χ1) is 9.97. The SMILES string of the molecule is O=C(O)c1ccc2[nH]nc(-c3cc(Cl)cc(Cl)c3O)c2c1. The minimum Gasteiger partial charge on any atom is -0.506 e. The molecular weight excluding hydrogens is 315 g/mol. The molecule has 3 rings (SSSR count). The standard InChI is InChI=1S/C14H8Cl2N2O3/c15-7-4-9(13(19)10(16)5-7)12-8-3-6(14(20)21)1-2-11(8)17-18-12/h1-5,19H,(H,17,18)(H,20,21). The summed E-state index contributed by atoms with van der Waals surface area (Å²) < 4.78 is 0. The highest BCUT2D eigenvalue weighted by Gasteiger charge is 2.16. The molecule has 0 unspecified atom stereocenters. The lowest BCUT2D eigenvalue weighted by Gasteiger charge is -2.05. The van der Waals surface area contributed by atoms with Crippen LogP contribution >= 0.6 is 23.2 Å². The normalized spacial score (nSPS) is 11.0. The Hall–Kier alpha value is -2.24.